The Balaban J connectivity index is 1.77. The number of hydrogen-bond acceptors (Lipinski definition) is 4. The Morgan fingerprint density at radius 1 is 1.31 bits per heavy atom. The number of alkyl carbamates (subject to hydrolysis) is 1. The van der Waals surface area contributed by atoms with Crippen LogP contribution < -0.4 is 10.6 Å². The molecule has 8 heteroatoms. The molecule has 0 aliphatic carbocycles. The fourth-order valence-corrected chi connectivity index (χ4v) is 2.77. The van der Waals surface area contributed by atoms with Crippen molar-refractivity contribution in [3.8, 4) is 0 Å². The quantitative estimate of drug-likeness (QED) is 0.836. The molecular formula is C18H24ClN3O4. The minimum Gasteiger partial charge on any atom is -0.444 e. The molecule has 0 bridgehead atoms. The second-order valence-corrected chi connectivity index (χ2v) is 7.60. The van der Waals surface area contributed by atoms with Gasteiger partial charge < -0.3 is 20.3 Å². The molecule has 1 aromatic rings. The van der Waals surface area contributed by atoms with Crippen molar-refractivity contribution < 1.29 is 19.1 Å². The molecule has 2 rings (SSSR count). The van der Waals surface area contributed by atoms with E-state index in [4.69, 9.17) is 16.3 Å². The van der Waals surface area contributed by atoms with E-state index in [-0.39, 0.29) is 24.4 Å². The van der Waals surface area contributed by atoms with Gasteiger partial charge in [-0.25, -0.2) is 4.79 Å². The number of hydrogen-bond donors (Lipinski definition) is 2. The predicted octanol–water partition coefficient (Wildman–Crippen LogP) is 2.20. The molecule has 0 spiro atoms. The molecular weight excluding hydrogens is 358 g/mol. The average Bonchev–Trinajstić information content (AvgIpc) is 2.98. The molecule has 0 unspecified atom stereocenters. The second-order valence-electron chi connectivity index (χ2n) is 7.16. The lowest BCUT2D eigenvalue weighted by atomic mass is 10.2. The smallest absolute Gasteiger partial charge is 0.407 e. The van der Waals surface area contributed by atoms with E-state index in [0.29, 0.717) is 30.1 Å². The molecule has 0 radical (unpaired) electrons. The third-order valence-corrected chi connectivity index (χ3v) is 3.98. The number of rotatable bonds is 4. The number of nitrogens with one attached hydrogen (secondary N) is 2. The fraction of sp³-hybridized carbons (Fsp3) is 0.500. The zero-order valence-electron chi connectivity index (χ0n) is 15.2. The first-order valence-electron chi connectivity index (χ1n) is 8.45. The summed E-state index contributed by atoms with van der Waals surface area (Å²) in [6.07, 6.45) is 0.152. The number of benzene rings is 1. The van der Waals surface area contributed by atoms with Crippen molar-refractivity contribution in [2.75, 3.05) is 19.6 Å². The van der Waals surface area contributed by atoms with E-state index in [1.165, 1.54) is 6.07 Å². The number of nitrogens with zero attached hydrogens (tertiary/aromatic N) is 1. The van der Waals surface area contributed by atoms with E-state index in [1.807, 2.05) is 0 Å². The van der Waals surface area contributed by atoms with Gasteiger partial charge in [0.1, 0.15) is 5.60 Å². The summed E-state index contributed by atoms with van der Waals surface area (Å²) in [5, 5.41) is 5.81. The van der Waals surface area contributed by atoms with Crippen LogP contribution in [0.25, 0.3) is 0 Å². The number of likely N-dealkylation sites (tertiary alicyclic amines) is 1. The Labute approximate surface area is 158 Å². The Hall–Kier alpha value is -2.28. The van der Waals surface area contributed by atoms with Crippen LogP contribution in [0, 0.1) is 0 Å². The molecule has 1 aliphatic heterocycles. The lowest BCUT2D eigenvalue weighted by Gasteiger charge is -2.22. The first-order valence-corrected chi connectivity index (χ1v) is 8.83. The topological polar surface area (TPSA) is 87.7 Å². The van der Waals surface area contributed by atoms with Crippen LogP contribution >= 0.6 is 11.6 Å². The summed E-state index contributed by atoms with van der Waals surface area (Å²) in [7, 11) is 0. The number of halogens is 1. The van der Waals surface area contributed by atoms with Crippen molar-refractivity contribution in [3.05, 3.63) is 34.9 Å². The lowest BCUT2D eigenvalue weighted by molar-refractivity contribution is -0.129. The van der Waals surface area contributed by atoms with Crippen LogP contribution in [-0.2, 0) is 9.53 Å². The van der Waals surface area contributed by atoms with Crippen LogP contribution in [0.2, 0.25) is 5.02 Å². The van der Waals surface area contributed by atoms with Gasteiger partial charge in [-0.05, 0) is 45.4 Å². The van der Waals surface area contributed by atoms with Crippen LogP contribution in [0.1, 0.15) is 37.6 Å². The highest BCUT2D eigenvalue weighted by Crippen LogP contribution is 2.12. The monoisotopic (exact) mass is 381 g/mol. The minimum atomic E-state index is -0.567. The van der Waals surface area contributed by atoms with Crippen LogP contribution in [0.5, 0.6) is 0 Å². The van der Waals surface area contributed by atoms with Gasteiger partial charge in [-0.2, -0.15) is 0 Å². The number of amides is 3. The zero-order chi connectivity index (χ0) is 19.3. The fourth-order valence-electron chi connectivity index (χ4n) is 2.58. The number of carbonyl (C=O) groups excluding carboxylic acids is 3. The third-order valence-electron chi connectivity index (χ3n) is 3.75. The molecule has 1 fully saturated rings. The Morgan fingerprint density at radius 2 is 2.04 bits per heavy atom. The Kier molecular flexibility index (Phi) is 6.47. The van der Waals surface area contributed by atoms with E-state index >= 15 is 0 Å². The number of ether oxygens (including phenoxy) is 1. The normalized spacial score (nSPS) is 16.9. The van der Waals surface area contributed by atoms with Crippen LogP contribution in [0.4, 0.5) is 4.79 Å². The average molecular weight is 382 g/mol. The summed E-state index contributed by atoms with van der Waals surface area (Å²) in [6, 6.07) is 6.36. The lowest BCUT2D eigenvalue weighted by Crippen LogP contribution is -2.43. The molecule has 1 saturated heterocycles. The summed E-state index contributed by atoms with van der Waals surface area (Å²) >= 11 is 5.85. The highest BCUT2D eigenvalue weighted by atomic mass is 35.5. The summed E-state index contributed by atoms with van der Waals surface area (Å²) in [5.41, 5.74) is -0.167. The predicted molar refractivity (Wildman–Crippen MR) is 98.1 cm³/mol. The third kappa shape index (κ3) is 6.22. The SMILES string of the molecule is CC(C)(C)OC(=O)N[C@H]1CCN(C(=O)CNC(=O)c2cccc(Cl)c2)C1. The van der Waals surface area contributed by atoms with Gasteiger partial charge in [0.25, 0.3) is 5.91 Å². The summed E-state index contributed by atoms with van der Waals surface area (Å²) < 4.78 is 5.21. The molecule has 3 amide bonds. The maximum atomic E-state index is 12.2. The van der Waals surface area contributed by atoms with Crippen LogP contribution in [-0.4, -0.2) is 54.1 Å². The van der Waals surface area contributed by atoms with Crippen molar-refractivity contribution >= 4 is 29.5 Å². The van der Waals surface area contributed by atoms with E-state index in [1.54, 1.807) is 43.9 Å². The van der Waals surface area contributed by atoms with E-state index in [0.717, 1.165) is 0 Å². The van der Waals surface area contributed by atoms with Gasteiger partial charge in [0.15, 0.2) is 0 Å². The molecule has 26 heavy (non-hydrogen) atoms. The second kappa shape index (κ2) is 8.40. The molecule has 1 heterocycles. The van der Waals surface area contributed by atoms with Gasteiger partial charge in [-0.3, -0.25) is 9.59 Å². The van der Waals surface area contributed by atoms with E-state index < -0.39 is 11.7 Å². The Morgan fingerprint density at radius 3 is 2.69 bits per heavy atom. The van der Waals surface area contributed by atoms with Gasteiger partial charge in [0.2, 0.25) is 5.91 Å². The molecule has 1 atom stereocenters. The van der Waals surface area contributed by atoms with Gasteiger partial charge in [0.05, 0.1) is 12.6 Å². The molecule has 2 N–H and O–H groups in total. The van der Waals surface area contributed by atoms with Gasteiger partial charge in [0, 0.05) is 23.7 Å². The molecule has 1 aromatic carbocycles. The van der Waals surface area contributed by atoms with Crippen LogP contribution in [0.15, 0.2) is 24.3 Å². The molecule has 7 nitrogen and oxygen atoms in total. The van der Waals surface area contributed by atoms with E-state index in [2.05, 4.69) is 10.6 Å². The standard InChI is InChI=1S/C18H24ClN3O4/c1-18(2,3)26-17(25)21-14-7-8-22(11-14)15(23)10-20-16(24)12-5-4-6-13(19)9-12/h4-6,9,14H,7-8,10-11H2,1-3H3,(H,20,24)(H,21,25)/t14-/m0/s1. The minimum absolute atomic E-state index is 0.107. The molecule has 0 saturated carbocycles. The van der Waals surface area contributed by atoms with Gasteiger partial charge in [-0.1, -0.05) is 17.7 Å². The van der Waals surface area contributed by atoms with Gasteiger partial charge >= 0.3 is 6.09 Å². The van der Waals surface area contributed by atoms with Crippen molar-refractivity contribution in [2.24, 2.45) is 0 Å². The maximum absolute atomic E-state index is 12.2. The van der Waals surface area contributed by atoms with Gasteiger partial charge in [-0.15, -0.1) is 0 Å². The summed E-state index contributed by atoms with van der Waals surface area (Å²) in [4.78, 5) is 37.7. The van der Waals surface area contributed by atoms with E-state index in [9.17, 15) is 14.4 Å². The largest absolute Gasteiger partial charge is 0.444 e. The highest BCUT2D eigenvalue weighted by molar-refractivity contribution is 6.30. The zero-order valence-corrected chi connectivity index (χ0v) is 15.9. The highest BCUT2D eigenvalue weighted by Gasteiger charge is 2.28. The first kappa shape index (κ1) is 20.0. The van der Waals surface area contributed by atoms with Crippen molar-refractivity contribution in [2.45, 2.75) is 38.8 Å². The van der Waals surface area contributed by atoms with Crippen LogP contribution in [0.3, 0.4) is 0 Å². The summed E-state index contributed by atoms with van der Waals surface area (Å²) in [5.74, 6) is -0.558. The van der Waals surface area contributed by atoms with Crippen molar-refractivity contribution in [1.29, 1.82) is 0 Å². The molecule has 1 aliphatic rings. The molecule has 142 valence electrons. The molecule has 0 aromatic heterocycles. The van der Waals surface area contributed by atoms with Crippen molar-refractivity contribution in [3.63, 3.8) is 0 Å². The number of carbonyl (C=O) groups is 3. The first-order chi connectivity index (χ1) is 12.1. The Bertz CT molecular complexity index is 687. The van der Waals surface area contributed by atoms with Crippen molar-refractivity contribution in [1.82, 2.24) is 15.5 Å². The summed E-state index contributed by atoms with van der Waals surface area (Å²) in [6.45, 7) is 6.18. The maximum Gasteiger partial charge on any atom is 0.407 e.